The summed E-state index contributed by atoms with van der Waals surface area (Å²) in [7, 11) is 0. The molecule has 854 valence electrons. The zero-order valence-corrected chi connectivity index (χ0v) is 100.0. The van der Waals surface area contributed by atoms with Crippen LogP contribution in [0.15, 0.2) is 85.5 Å². The van der Waals surface area contributed by atoms with Gasteiger partial charge in [0.1, 0.15) is 0 Å². The van der Waals surface area contributed by atoms with Crippen molar-refractivity contribution in [2.75, 3.05) is 39.6 Å². The van der Waals surface area contributed by atoms with Gasteiger partial charge in [0.15, 0.2) is 23.0 Å². The number of hydrogen-bond donors (Lipinski definition) is 0. The van der Waals surface area contributed by atoms with E-state index in [0.29, 0.717) is 52.5 Å². The Labute approximate surface area is 930 Å². The van der Waals surface area contributed by atoms with Gasteiger partial charge < -0.3 is 28.4 Å². The van der Waals surface area contributed by atoms with Gasteiger partial charge in [-0.3, -0.25) is 9.97 Å². The lowest BCUT2D eigenvalue weighted by Gasteiger charge is -2.20. The van der Waals surface area contributed by atoms with Crippen molar-refractivity contribution in [3.63, 3.8) is 0 Å². The van der Waals surface area contributed by atoms with Gasteiger partial charge in [0.25, 0.3) is 0 Å². The predicted octanol–water partition coefficient (Wildman–Crippen LogP) is 46.3. The first-order chi connectivity index (χ1) is 74.5. The second kappa shape index (κ2) is 105. The summed E-state index contributed by atoms with van der Waals surface area (Å²) in [6.07, 6.45) is 137. The minimum atomic E-state index is 0.578. The van der Waals surface area contributed by atoms with Crippen LogP contribution in [0.5, 0.6) is 34.5 Å². The molecule has 0 N–H and O–H groups in total. The second-order valence-corrected chi connectivity index (χ2v) is 46.2. The summed E-state index contributed by atoms with van der Waals surface area (Å²) in [5.41, 5.74) is 8.17. The van der Waals surface area contributed by atoms with Crippen molar-refractivity contribution in [3.8, 4) is 58.2 Å². The van der Waals surface area contributed by atoms with Crippen molar-refractivity contribution in [2.45, 2.75) is 671 Å². The van der Waals surface area contributed by atoms with Gasteiger partial charge in [0.05, 0.1) is 39.6 Å². The highest BCUT2D eigenvalue weighted by Gasteiger charge is 2.22. The van der Waals surface area contributed by atoms with Crippen molar-refractivity contribution in [1.82, 2.24) is 9.97 Å². The van der Waals surface area contributed by atoms with Gasteiger partial charge in [0.2, 0.25) is 11.5 Å². The largest absolute Gasteiger partial charge is 0.490 e. The first-order valence-electron chi connectivity index (χ1n) is 66.6. The molecule has 0 aliphatic carbocycles. The number of nitrogens with zero attached hydrogens (tertiary/aromatic N) is 2. The predicted molar refractivity (Wildman–Crippen MR) is 656 cm³/mol. The molecule has 2 heterocycles. The van der Waals surface area contributed by atoms with Crippen LogP contribution in [0.3, 0.4) is 0 Å². The van der Waals surface area contributed by atoms with Gasteiger partial charge in [0, 0.05) is 47.0 Å². The first kappa shape index (κ1) is 134. The molecule has 5 rings (SSSR count). The molecule has 0 saturated heterocycles. The van der Waals surface area contributed by atoms with E-state index >= 15 is 0 Å². The molecule has 0 saturated carbocycles. The fraction of sp³-hybridized carbons (Fsp3) is 0.775. The van der Waals surface area contributed by atoms with Crippen molar-refractivity contribution in [3.05, 3.63) is 130 Å². The van der Waals surface area contributed by atoms with E-state index in [1.54, 1.807) is 0 Å². The van der Waals surface area contributed by atoms with Gasteiger partial charge in [-0.1, -0.05) is 643 Å². The number of ether oxygens (including phenoxy) is 6. The highest BCUT2D eigenvalue weighted by molar-refractivity contribution is 5.61. The Bertz CT molecular complexity index is 3500. The van der Waals surface area contributed by atoms with Crippen molar-refractivity contribution < 1.29 is 28.4 Å². The highest BCUT2D eigenvalue weighted by atomic mass is 16.5. The summed E-state index contributed by atoms with van der Waals surface area (Å²) in [6, 6.07) is 22.0. The molecular formula is C142H240N2O6. The van der Waals surface area contributed by atoms with Crippen LogP contribution in [0.2, 0.25) is 0 Å². The van der Waals surface area contributed by atoms with E-state index in [0.717, 1.165) is 156 Å². The Morgan fingerprint density at radius 1 is 0.160 bits per heavy atom. The Morgan fingerprint density at radius 2 is 0.300 bits per heavy atom. The maximum absolute atomic E-state index is 7.19. The fourth-order valence-electron chi connectivity index (χ4n) is 22.0. The van der Waals surface area contributed by atoms with E-state index in [1.165, 1.54) is 539 Å². The zero-order valence-electron chi connectivity index (χ0n) is 100.0. The number of aromatic nitrogens is 2. The summed E-state index contributed by atoms with van der Waals surface area (Å²) in [5.74, 6) is 19.7. The topological polar surface area (TPSA) is 81.2 Å². The molecule has 0 atom stereocenters. The lowest BCUT2D eigenvalue weighted by Crippen LogP contribution is -2.08. The van der Waals surface area contributed by atoms with Crippen molar-refractivity contribution in [1.29, 1.82) is 0 Å². The van der Waals surface area contributed by atoms with E-state index in [2.05, 4.69) is 112 Å². The lowest BCUT2D eigenvalue weighted by atomic mass is 9.91. The molecule has 0 unspecified atom stereocenters. The summed E-state index contributed by atoms with van der Waals surface area (Å²) < 4.78 is 43.0. The molecule has 0 aliphatic heterocycles. The standard InChI is InChI=1S/C142H240N2O6/c1-7-13-19-25-31-37-43-49-55-61-67-73-79-85-91-97-115-145-137-123-131(124-138(146-116-98-92-86-80-74-68-62-56-50-44-38-32-26-20-14-8-2)141(137)149-119-101-95-89-83-77-71-65-59-53-47-41-35-29-23-17-11-5)121-135-127-134(106-104-130-109-113-144-114-110-130)136(128-133(135)105-103-129-107-111-143-112-108-129)122-132-125-139(147-117-99-93-87-81-75-69-63-57-51-45-39-33-27-21-15-9-3)142(150-120-102-96-90-84-78-72-66-60-54-48-42-36-30-24-18-12-6)140(126-132)148-118-100-94-88-82-76-70-64-58-52-46-40-34-28-22-16-10-4/h107-114,123-128H,7-102,115-122H2,1-6H3. The molecule has 8 nitrogen and oxygen atoms in total. The monoisotopic (exact) mass is 2070 g/mol. The summed E-state index contributed by atoms with van der Waals surface area (Å²) >= 11 is 0. The summed E-state index contributed by atoms with van der Waals surface area (Å²) in [6.45, 7) is 17.7. The van der Waals surface area contributed by atoms with Crippen LogP contribution in [-0.2, 0) is 12.8 Å². The smallest absolute Gasteiger partial charge is 0.203 e. The maximum Gasteiger partial charge on any atom is 0.203 e. The molecule has 0 aliphatic rings. The second-order valence-electron chi connectivity index (χ2n) is 46.2. The zero-order chi connectivity index (χ0) is 106. The van der Waals surface area contributed by atoms with E-state index in [1.807, 2.05) is 49.1 Å². The van der Waals surface area contributed by atoms with Crippen molar-refractivity contribution >= 4 is 0 Å². The Kier molecular flexibility index (Phi) is 93.6. The van der Waals surface area contributed by atoms with Crippen LogP contribution in [0.1, 0.15) is 702 Å². The first-order valence-corrected chi connectivity index (χ1v) is 66.6. The van der Waals surface area contributed by atoms with E-state index in [-0.39, 0.29) is 0 Å². The molecule has 3 aromatic carbocycles. The third-order valence-electron chi connectivity index (χ3n) is 31.8. The fourth-order valence-corrected chi connectivity index (χ4v) is 22.0. The Morgan fingerprint density at radius 3 is 0.453 bits per heavy atom. The Balaban J connectivity index is 1.53. The molecule has 0 bridgehead atoms. The molecular weight excluding hydrogens is 1830 g/mol. The quantitative estimate of drug-likeness (QED) is 0.0281. The number of rotatable bonds is 112. The molecule has 0 radical (unpaired) electrons. The minimum absolute atomic E-state index is 0.578. The molecule has 5 aromatic rings. The van der Waals surface area contributed by atoms with Crippen LogP contribution < -0.4 is 28.4 Å². The van der Waals surface area contributed by atoms with Crippen molar-refractivity contribution in [2.24, 2.45) is 0 Å². The van der Waals surface area contributed by atoms with Crippen LogP contribution in [0.25, 0.3) is 0 Å². The van der Waals surface area contributed by atoms with E-state index in [9.17, 15) is 0 Å². The van der Waals surface area contributed by atoms with Gasteiger partial charge in [-0.15, -0.1) is 0 Å². The Hall–Kier alpha value is -6.12. The van der Waals surface area contributed by atoms with Crippen LogP contribution >= 0.6 is 0 Å². The summed E-state index contributed by atoms with van der Waals surface area (Å²) in [4.78, 5) is 8.90. The highest BCUT2D eigenvalue weighted by Crippen LogP contribution is 2.44. The third-order valence-corrected chi connectivity index (χ3v) is 31.8. The summed E-state index contributed by atoms with van der Waals surface area (Å²) in [5, 5.41) is 0. The van der Waals surface area contributed by atoms with E-state index in [4.69, 9.17) is 28.4 Å². The van der Waals surface area contributed by atoms with Crippen LogP contribution in [0, 0.1) is 23.7 Å². The number of benzene rings is 3. The van der Waals surface area contributed by atoms with Gasteiger partial charge in [-0.05, 0) is 134 Å². The molecule has 0 spiro atoms. The van der Waals surface area contributed by atoms with E-state index < -0.39 is 0 Å². The maximum atomic E-state index is 7.19. The SMILES string of the molecule is CCCCCCCCCCCCCCCCCCOc1cc(Cc2cc(C#Cc3ccncc3)c(Cc3cc(OCCCCCCCCCCCCCCCCCC)c(OCCCCCCCCCCCCCCCCCC)c(OCCCCCCCCCCCCCCCCCC)c3)cc2C#Cc2ccncc2)cc(OCCCCCCCCCCCCCCCCCC)c1OCCCCCCCCCCCCCCCCCC. The van der Waals surface area contributed by atoms with Gasteiger partial charge in [-0.25, -0.2) is 0 Å². The average Bonchev–Trinajstić information content (AvgIpc) is 0.790. The number of unbranched alkanes of at least 4 members (excludes halogenated alkanes) is 90. The molecule has 150 heavy (non-hydrogen) atoms. The van der Waals surface area contributed by atoms with Gasteiger partial charge in [-0.2, -0.15) is 0 Å². The third kappa shape index (κ3) is 78.1. The molecule has 0 fully saturated rings. The van der Waals surface area contributed by atoms with Crippen LogP contribution in [-0.4, -0.2) is 49.6 Å². The van der Waals surface area contributed by atoms with Crippen LogP contribution in [0.4, 0.5) is 0 Å². The molecule has 2 aromatic heterocycles. The number of hydrogen-bond acceptors (Lipinski definition) is 8. The lowest BCUT2D eigenvalue weighted by molar-refractivity contribution is 0.234. The molecule has 0 amide bonds. The van der Waals surface area contributed by atoms with Gasteiger partial charge >= 0.3 is 0 Å². The normalized spacial score (nSPS) is 11.4. The molecule has 8 heteroatoms. The number of pyridine rings is 2. The minimum Gasteiger partial charge on any atom is -0.490 e. The average molecular weight is 2070 g/mol.